The zero-order valence-corrected chi connectivity index (χ0v) is 12.5. The zero-order chi connectivity index (χ0) is 14.8. The summed E-state index contributed by atoms with van der Waals surface area (Å²) in [5.41, 5.74) is 4.54. The maximum absolute atomic E-state index is 10.8. The van der Waals surface area contributed by atoms with Crippen molar-refractivity contribution in [2.45, 2.75) is 40.0 Å². The van der Waals surface area contributed by atoms with E-state index in [1.807, 2.05) is 12.1 Å². The highest BCUT2D eigenvalue weighted by atomic mass is 16.4. The van der Waals surface area contributed by atoms with Crippen molar-refractivity contribution >= 4 is 11.7 Å². The molecule has 0 saturated heterocycles. The smallest absolute Gasteiger partial charge is 0.335 e. The summed E-state index contributed by atoms with van der Waals surface area (Å²) in [6, 6.07) is 6.93. The minimum Gasteiger partial charge on any atom is -0.478 e. The predicted molar refractivity (Wildman–Crippen MR) is 82.2 cm³/mol. The van der Waals surface area contributed by atoms with Gasteiger partial charge in [-0.05, 0) is 61.4 Å². The predicted octanol–water partition coefficient (Wildman–Crippen LogP) is 4.32. The molecule has 3 heteroatoms. The van der Waals surface area contributed by atoms with E-state index in [0.717, 1.165) is 12.2 Å². The number of nitrogens with one attached hydrogen (secondary N) is 1. The molecule has 1 aliphatic rings. The number of rotatable bonds is 4. The third-order valence-corrected chi connectivity index (χ3v) is 4.29. The van der Waals surface area contributed by atoms with E-state index >= 15 is 0 Å². The van der Waals surface area contributed by atoms with E-state index in [-0.39, 0.29) is 5.41 Å². The van der Waals surface area contributed by atoms with E-state index in [0.29, 0.717) is 5.56 Å². The fourth-order valence-electron chi connectivity index (χ4n) is 2.99. The lowest BCUT2D eigenvalue weighted by Gasteiger charge is -2.35. The Hall–Kier alpha value is -1.77. The molecule has 0 heterocycles. The maximum Gasteiger partial charge on any atom is 0.335 e. The van der Waals surface area contributed by atoms with Gasteiger partial charge in [0.15, 0.2) is 0 Å². The minimum absolute atomic E-state index is 0.260. The molecule has 1 aromatic rings. The second-order valence-electron chi connectivity index (χ2n) is 6.23. The monoisotopic (exact) mass is 273 g/mol. The van der Waals surface area contributed by atoms with Crippen molar-refractivity contribution in [1.82, 2.24) is 0 Å². The van der Waals surface area contributed by atoms with Crippen molar-refractivity contribution in [3.8, 4) is 0 Å². The first kappa shape index (κ1) is 14.6. The summed E-state index contributed by atoms with van der Waals surface area (Å²) in [7, 11) is 0. The third kappa shape index (κ3) is 3.21. The topological polar surface area (TPSA) is 49.3 Å². The number of carboxylic acid groups (broad SMARTS) is 1. The average Bonchev–Trinajstić information content (AvgIpc) is 2.38. The van der Waals surface area contributed by atoms with Crippen LogP contribution in [0.5, 0.6) is 0 Å². The Morgan fingerprint density at radius 2 is 1.95 bits per heavy atom. The van der Waals surface area contributed by atoms with Gasteiger partial charge in [-0.25, -0.2) is 4.79 Å². The van der Waals surface area contributed by atoms with Crippen LogP contribution in [0.4, 0.5) is 5.69 Å². The van der Waals surface area contributed by atoms with E-state index in [1.165, 1.54) is 30.4 Å². The van der Waals surface area contributed by atoms with Gasteiger partial charge in [-0.1, -0.05) is 19.4 Å². The van der Waals surface area contributed by atoms with E-state index in [9.17, 15) is 4.79 Å². The van der Waals surface area contributed by atoms with Gasteiger partial charge in [0.25, 0.3) is 0 Å². The molecule has 108 valence electrons. The Bertz CT molecular complexity index is 526. The van der Waals surface area contributed by atoms with Crippen molar-refractivity contribution in [2.24, 2.45) is 5.41 Å². The molecule has 0 unspecified atom stereocenters. The molecular weight excluding hydrogens is 250 g/mol. The van der Waals surface area contributed by atoms with Crippen LogP contribution in [0, 0.1) is 5.41 Å². The summed E-state index contributed by atoms with van der Waals surface area (Å²) in [5, 5.41) is 12.3. The second kappa shape index (κ2) is 5.70. The largest absolute Gasteiger partial charge is 0.478 e. The summed E-state index contributed by atoms with van der Waals surface area (Å²) < 4.78 is 0. The summed E-state index contributed by atoms with van der Waals surface area (Å²) in [6.45, 7) is 7.68. The molecular formula is C17H23NO2. The minimum atomic E-state index is -0.886. The van der Waals surface area contributed by atoms with Crippen LogP contribution in [0.25, 0.3) is 0 Å². The number of hydrogen-bond donors (Lipinski definition) is 2. The summed E-state index contributed by atoms with van der Waals surface area (Å²) in [6.07, 6.45) is 3.70. The maximum atomic E-state index is 10.8. The summed E-state index contributed by atoms with van der Waals surface area (Å²) >= 11 is 0. The molecule has 0 fully saturated rings. The van der Waals surface area contributed by atoms with Crippen molar-refractivity contribution < 1.29 is 9.90 Å². The highest BCUT2D eigenvalue weighted by Gasteiger charge is 2.27. The molecule has 20 heavy (non-hydrogen) atoms. The standard InChI is InChI=1S/C17H23NO2/c1-12-5-4-10-17(2,3)15(12)11-18-14-8-6-13(7-9-14)16(19)20/h6-9,18H,4-5,10-11H2,1-3H3,(H,19,20). The second-order valence-corrected chi connectivity index (χ2v) is 6.23. The Labute approximate surface area is 120 Å². The Morgan fingerprint density at radius 1 is 1.30 bits per heavy atom. The first-order valence-electron chi connectivity index (χ1n) is 7.16. The number of hydrogen-bond acceptors (Lipinski definition) is 2. The molecule has 0 spiro atoms. The fraction of sp³-hybridized carbons (Fsp3) is 0.471. The van der Waals surface area contributed by atoms with Crippen LogP contribution in [0.15, 0.2) is 35.4 Å². The molecule has 1 aliphatic carbocycles. The van der Waals surface area contributed by atoms with E-state index in [1.54, 1.807) is 12.1 Å². The first-order valence-corrected chi connectivity index (χ1v) is 7.16. The Kier molecular flexibility index (Phi) is 4.17. The summed E-state index contributed by atoms with van der Waals surface area (Å²) in [4.78, 5) is 10.8. The number of allylic oxidation sites excluding steroid dienone is 1. The van der Waals surface area contributed by atoms with Gasteiger partial charge in [0.05, 0.1) is 5.56 Å². The number of carboxylic acids is 1. The number of benzene rings is 1. The summed E-state index contributed by atoms with van der Waals surface area (Å²) in [5.74, 6) is -0.886. The lowest BCUT2D eigenvalue weighted by atomic mass is 9.73. The van der Waals surface area contributed by atoms with Crippen LogP contribution in [0.3, 0.4) is 0 Å². The number of anilines is 1. The Morgan fingerprint density at radius 3 is 2.50 bits per heavy atom. The van der Waals surface area contributed by atoms with Gasteiger partial charge >= 0.3 is 5.97 Å². The molecule has 2 rings (SSSR count). The van der Waals surface area contributed by atoms with Gasteiger partial charge in [-0.2, -0.15) is 0 Å². The van der Waals surface area contributed by atoms with Gasteiger partial charge in [0.1, 0.15) is 0 Å². The normalized spacial score (nSPS) is 17.9. The van der Waals surface area contributed by atoms with Crippen molar-refractivity contribution in [1.29, 1.82) is 0 Å². The van der Waals surface area contributed by atoms with Crippen LogP contribution in [0.1, 0.15) is 50.4 Å². The molecule has 0 aliphatic heterocycles. The van der Waals surface area contributed by atoms with Crippen molar-refractivity contribution in [3.63, 3.8) is 0 Å². The van der Waals surface area contributed by atoms with Crippen molar-refractivity contribution in [3.05, 3.63) is 41.0 Å². The van der Waals surface area contributed by atoms with Gasteiger partial charge < -0.3 is 10.4 Å². The quantitative estimate of drug-likeness (QED) is 0.803. The molecule has 1 aromatic carbocycles. The van der Waals surface area contributed by atoms with E-state index < -0.39 is 5.97 Å². The first-order chi connectivity index (χ1) is 9.40. The SMILES string of the molecule is CC1=C(CNc2ccc(C(=O)O)cc2)C(C)(C)CCC1. The van der Waals surface area contributed by atoms with Gasteiger partial charge in [0, 0.05) is 12.2 Å². The van der Waals surface area contributed by atoms with Crippen LogP contribution < -0.4 is 5.32 Å². The van der Waals surface area contributed by atoms with E-state index in [4.69, 9.17) is 5.11 Å². The van der Waals surface area contributed by atoms with Crippen LogP contribution >= 0.6 is 0 Å². The van der Waals surface area contributed by atoms with Gasteiger partial charge in [0.2, 0.25) is 0 Å². The number of aromatic carboxylic acids is 1. The molecule has 3 nitrogen and oxygen atoms in total. The highest BCUT2D eigenvalue weighted by Crippen LogP contribution is 2.39. The average molecular weight is 273 g/mol. The lowest BCUT2D eigenvalue weighted by molar-refractivity contribution is 0.0697. The molecule has 0 radical (unpaired) electrons. The molecule has 2 N–H and O–H groups in total. The van der Waals surface area contributed by atoms with Crippen LogP contribution in [-0.2, 0) is 0 Å². The third-order valence-electron chi connectivity index (χ3n) is 4.29. The molecule has 0 saturated carbocycles. The molecule has 0 bridgehead atoms. The van der Waals surface area contributed by atoms with Crippen LogP contribution in [-0.4, -0.2) is 17.6 Å². The lowest BCUT2D eigenvalue weighted by Crippen LogP contribution is -2.25. The highest BCUT2D eigenvalue weighted by molar-refractivity contribution is 5.88. The van der Waals surface area contributed by atoms with E-state index in [2.05, 4.69) is 26.1 Å². The van der Waals surface area contributed by atoms with Gasteiger partial charge in [-0.15, -0.1) is 0 Å². The Balaban J connectivity index is 2.06. The number of carbonyl (C=O) groups is 1. The fourth-order valence-corrected chi connectivity index (χ4v) is 2.99. The van der Waals surface area contributed by atoms with Gasteiger partial charge in [-0.3, -0.25) is 0 Å². The molecule has 0 aromatic heterocycles. The van der Waals surface area contributed by atoms with Crippen LogP contribution in [0.2, 0.25) is 0 Å². The molecule has 0 atom stereocenters. The molecule has 0 amide bonds. The zero-order valence-electron chi connectivity index (χ0n) is 12.5. The van der Waals surface area contributed by atoms with Crippen molar-refractivity contribution in [2.75, 3.05) is 11.9 Å².